The van der Waals surface area contributed by atoms with Crippen molar-refractivity contribution in [2.45, 2.75) is 39.8 Å². The molecule has 0 spiro atoms. The normalized spacial score (nSPS) is 11.4. The van der Waals surface area contributed by atoms with Gasteiger partial charge in [0, 0.05) is 24.2 Å². The lowest BCUT2D eigenvalue weighted by Crippen LogP contribution is -2.45. The van der Waals surface area contributed by atoms with E-state index in [9.17, 15) is 4.79 Å². The fourth-order valence-electron chi connectivity index (χ4n) is 1.86. The second-order valence-electron chi connectivity index (χ2n) is 5.12. The third-order valence-corrected chi connectivity index (χ3v) is 2.81. The van der Waals surface area contributed by atoms with Crippen LogP contribution in [0.15, 0.2) is 24.3 Å². The molecule has 0 radical (unpaired) electrons. The molecule has 94 valence electrons. The van der Waals surface area contributed by atoms with Crippen molar-refractivity contribution in [3.63, 3.8) is 0 Å². The van der Waals surface area contributed by atoms with Crippen LogP contribution in [-0.2, 0) is 6.54 Å². The summed E-state index contributed by atoms with van der Waals surface area (Å²) in [7, 11) is 0. The van der Waals surface area contributed by atoms with Crippen molar-refractivity contribution >= 4 is 5.91 Å². The third-order valence-electron chi connectivity index (χ3n) is 2.81. The molecular weight excluding hydrogens is 212 g/mol. The molecule has 0 aromatic heterocycles. The monoisotopic (exact) mass is 234 g/mol. The molecule has 0 fully saturated rings. The molecule has 1 aromatic carbocycles. The van der Waals surface area contributed by atoms with Gasteiger partial charge in [-0.1, -0.05) is 12.1 Å². The lowest BCUT2D eigenvalue weighted by atomic mass is 10.0. The van der Waals surface area contributed by atoms with Crippen molar-refractivity contribution in [2.24, 2.45) is 5.73 Å². The van der Waals surface area contributed by atoms with Crippen LogP contribution < -0.4 is 5.73 Å². The quantitative estimate of drug-likeness (QED) is 0.873. The van der Waals surface area contributed by atoms with Crippen LogP contribution >= 0.6 is 0 Å². The molecule has 0 heterocycles. The van der Waals surface area contributed by atoms with E-state index in [-0.39, 0.29) is 11.4 Å². The highest BCUT2D eigenvalue weighted by Crippen LogP contribution is 2.17. The second kappa shape index (κ2) is 5.32. The topological polar surface area (TPSA) is 46.3 Å². The number of benzene rings is 1. The maximum Gasteiger partial charge on any atom is 0.254 e. The Kier molecular flexibility index (Phi) is 4.29. The third kappa shape index (κ3) is 3.30. The average molecular weight is 234 g/mol. The Balaban J connectivity index is 2.94. The first kappa shape index (κ1) is 13.7. The molecule has 3 nitrogen and oxygen atoms in total. The van der Waals surface area contributed by atoms with Crippen molar-refractivity contribution in [1.82, 2.24) is 4.90 Å². The van der Waals surface area contributed by atoms with E-state index < -0.39 is 0 Å². The van der Waals surface area contributed by atoms with Crippen molar-refractivity contribution in [3.05, 3.63) is 35.4 Å². The molecule has 0 atom stereocenters. The fourth-order valence-corrected chi connectivity index (χ4v) is 1.86. The number of hydrogen-bond acceptors (Lipinski definition) is 2. The van der Waals surface area contributed by atoms with E-state index >= 15 is 0 Å². The van der Waals surface area contributed by atoms with Crippen molar-refractivity contribution in [1.29, 1.82) is 0 Å². The number of hydrogen-bond donors (Lipinski definition) is 1. The number of carbonyl (C=O) groups is 1. The molecular formula is C14H22N2O. The van der Waals surface area contributed by atoms with Gasteiger partial charge in [-0.3, -0.25) is 4.79 Å². The lowest BCUT2D eigenvalue weighted by Gasteiger charge is -2.35. The van der Waals surface area contributed by atoms with E-state index in [2.05, 4.69) is 0 Å². The Bertz CT molecular complexity index is 376. The summed E-state index contributed by atoms with van der Waals surface area (Å²) in [6.07, 6.45) is 0. The van der Waals surface area contributed by atoms with Gasteiger partial charge in [0.25, 0.3) is 5.91 Å². The van der Waals surface area contributed by atoms with Crippen LogP contribution in [-0.4, -0.2) is 22.9 Å². The highest BCUT2D eigenvalue weighted by molar-refractivity contribution is 5.94. The van der Waals surface area contributed by atoms with E-state index in [0.29, 0.717) is 13.1 Å². The molecule has 0 saturated carbocycles. The van der Waals surface area contributed by atoms with Gasteiger partial charge in [-0.05, 0) is 45.4 Å². The molecule has 0 aliphatic carbocycles. The SMILES string of the molecule is CCN(C(=O)c1ccc(CN)cc1)C(C)(C)C. The van der Waals surface area contributed by atoms with Crippen LogP contribution in [0.4, 0.5) is 0 Å². The molecule has 0 unspecified atom stereocenters. The first-order chi connectivity index (χ1) is 7.90. The molecule has 0 aliphatic heterocycles. The van der Waals surface area contributed by atoms with Crippen LogP contribution in [0.3, 0.4) is 0 Å². The molecule has 1 amide bonds. The number of carbonyl (C=O) groups excluding carboxylic acids is 1. The molecule has 17 heavy (non-hydrogen) atoms. The van der Waals surface area contributed by atoms with Gasteiger partial charge in [0.2, 0.25) is 0 Å². The van der Waals surface area contributed by atoms with Crippen molar-refractivity contribution < 1.29 is 4.79 Å². The molecule has 3 heteroatoms. The van der Waals surface area contributed by atoms with Crippen molar-refractivity contribution in [2.75, 3.05) is 6.54 Å². The van der Waals surface area contributed by atoms with Crippen LogP contribution in [0.5, 0.6) is 0 Å². The number of nitrogens with zero attached hydrogens (tertiary/aromatic N) is 1. The van der Waals surface area contributed by atoms with Gasteiger partial charge in [-0.2, -0.15) is 0 Å². The zero-order chi connectivity index (χ0) is 13.1. The Labute approximate surface area is 104 Å². The lowest BCUT2D eigenvalue weighted by molar-refractivity contribution is 0.0599. The Morgan fingerprint density at radius 2 is 1.76 bits per heavy atom. The number of amides is 1. The zero-order valence-corrected chi connectivity index (χ0v) is 11.2. The van der Waals surface area contributed by atoms with Gasteiger partial charge in [-0.15, -0.1) is 0 Å². The smallest absolute Gasteiger partial charge is 0.254 e. The Morgan fingerprint density at radius 1 is 1.24 bits per heavy atom. The van der Waals surface area contributed by atoms with E-state index in [1.165, 1.54) is 0 Å². The van der Waals surface area contributed by atoms with Gasteiger partial charge >= 0.3 is 0 Å². The summed E-state index contributed by atoms with van der Waals surface area (Å²) in [6.45, 7) is 9.34. The second-order valence-corrected chi connectivity index (χ2v) is 5.12. The molecule has 0 aliphatic rings. The summed E-state index contributed by atoms with van der Waals surface area (Å²) in [5, 5.41) is 0. The Morgan fingerprint density at radius 3 is 2.12 bits per heavy atom. The minimum atomic E-state index is -0.154. The summed E-state index contributed by atoms with van der Waals surface area (Å²) in [4.78, 5) is 14.2. The minimum Gasteiger partial charge on any atom is -0.334 e. The number of rotatable bonds is 3. The predicted molar refractivity (Wildman–Crippen MR) is 70.8 cm³/mol. The Hall–Kier alpha value is -1.35. The van der Waals surface area contributed by atoms with E-state index in [1.807, 2.05) is 56.9 Å². The first-order valence-corrected chi connectivity index (χ1v) is 6.01. The molecule has 0 bridgehead atoms. The van der Waals surface area contributed by atoms with Gasteiger partial charge < -0.3 is 10.6 Å². The van der Waals surface area contributed by atoms with Crippen LogP contribution in [0.2, 0.25) is 0 Å². The largest absolute Gasteiger partial charge is 0.334 e. The summed E-state index contributed by atoms with van der Waals surface area (Å²) >= 11 is 0. The minimum absolute atomic E-state index is 0.0728. The maximum atomic E-state index is 12.3. The van der Waals surface area contributed by atoms with Gasteiger partial charge in [-0.25, -0.2) is 0 Å². The average Bonchev–Trinajstić information content (AvgIpc) is 2.28. The first-order valence-electron chi connectivity index (χ1n) is 6.01. The molecule has 1 aromatic rings. The molecule has 2 N–H and O–H groups in total. The summed E-state index contributed by atoms with van der Waals surface area (Å²) in [5.74, 6) is 0.0728. The van der Waals surface area contributed by atoms with Crippen LogP contribution in [0.1, 0.15) is 43.6 Å². The highest BCUT2D eigenvalue weighted by Gasteiger charge is 2.25. The standard InChI is InChI=1S/C14H22N2O/c1-5-16(14(2,3)4)13(17)12-8-6-11(10-15)7-9-12/h6-9H,5,10,15H2,1-4H3. The summed E-state index contributed by atoms with van der Waals surface area (Å²) in [5.41, 5.74) is 7.14. The van der Waals surface area contributed by atoms with Crippen molar-refractivity contribution in [3.8, 4) is 0 Å². The van der Waals surface area contributed by atoms with Gasteiger partial charge in [0.05, 0.1) is 0 Å². The maximum absolute atomic E-state index is 12.3. The van der Waals surface area contributed by atoms with E-state index in [0.717, 1.165) is 11.1 Å². The predicted octanol–water partition coefficient (Wildman–Crippen LogP) is 2.41. The summed E-state index contributed by atoms with van der Waals surface area (Å²) in [6, 6.07) is 7.51. The molecule has 0 saturated heterocycles. The van der Waals surface area contributed by atoms with Crippen LogP contribution in [0, 0.1) is 0 Å². The van der Waals surface area contributed by atoms with E-state index in [4.69, 9.17) is 5.73 Å². The zero-order valence-electron chi connectivity index (χ0n) is 11.2. The number of nitrogens with two attached hydrogens (primary N) is 1. The fraction of sp³-hybridized carbons (Fsp3) is 0.500. The van der Waals surface area contributed by atoms with Crippen LogP contribution in [0.25, 0.3) is 0 Å². The summed E-state index contributed by atoms with van der Waals surface area (Å²) < 4.78 is 0. The molecule has 1 rings (SSSR count). The highest BCUT2D eigenvalue weighted by atomic mass is 16.2. The van der Waals surface area contributed by atoms with Gasteiger partial charge in [0.15, 0.2) is 0 Å². The van der Waals surface area contributed by atoms with E-state index in [1.54, 1.807) is 0 Å². The van der Waals surface area contributed by atoms with Gasteiger partial charge in [0.1, 0.15) is 0 Å².